The molecular formula is C12H11N3O3. The second kappa shape index (κ2) is 5.29. The predicted octanol–water partition coefficient (Wildman–Crippen LogP) is 0.0118. The van der Waals surface area contributed by atoms with E-state index in [2.05, 4.69) is 10.6 Å². The van der Waals surface area contributed by atoms with Gasteiger partial charge in [0.2, 0.25) is 11.8 Å². The van der Waals surface area contributed by atoms with Crippen LogP contribution in [0.4, 0.5) is 5.69 Å². The van der Waals surface area contributed by atoms with Gasteiger partial charge in [0.05, 0.1) is 18.2 Å². The molecule has 1 heterocycles. The maximum absolute atomic E-state index is 11.8. The Kier molecular flexibility index (Phi) is 3.55. The van der Waals surface area contributed by atoms with Gasteiger partial charge in [0.25, 0.3) is 0 Å². The van der Waals surface area contributed by atoms with E-state index in [4.69, 9.17) is 10.00 Å². The third-order valence-corrected chi connectivity index (χ3v) is 2.43. The van der Waals surface area contributed by atoms with Crippen LogP contribution in [0, 0.1) is 11.3 Å². The summed E-state index contributed by atoms with van der Waals surface area (Å²) < 4.78 is 4.97. The van der Waals surface area contributed by atoms with Crippen LogP contribution in [0.1, 0.15) is 5.56 Å². The summed E-state index contributed by atoms with van der Waals surface area (Å²) in [4.78, 5) is 22.9. The van der Waals surface area contributed by atoms with Crippen LogP contribution in [0.2, 0.25) is 0 Å². The first-order valence-electron chi connectivity index (χ1n) is 5.37. The summed E-state index contributed by atoms with van der Waals surface area (Å²) in [7, 11) is 0. The summed E-state index contributed by atoms with van der Waals surface area (Å²) in [5, 5.41) is 13.9. The SMILES string of the molecule is N#Cc1cccc(NC(=O)C2COCC(=O)N2)c1. The highest BCUT2D eigenvalue weighted by Gasteiger charge is 2.25. The van der Waals surface area contributed by atoms with Crippen LogP contribution in [0.3, 0.4) is 0 Å². The third kappa shape index (κ3) is 2.84. The van der Waals surface area contributed by atoms with Crippen LogP contribution in [0.25, 0.3) is 0 Å². The van der Waals surface area contributed by atoms with Crippen molar-refractivity contribution in [3.63, 3.8) is 0 Å². The number of hydrogen-bond acceptors (Lipinski definition) is 4. The fourth-order valence-corrected chi connectivity index (χ4v) is 1.58. The summed E-state index contributed by atoms with van der Waals surface area (Å²) in [5.41, 5.74) is 0.968. The number of hydrogen-bond donors (Lipinski definition) is 2. The quantitative estimate of drug-likeness (QED) is 0.768. The minimum atomic E-state index is -0.697. The third-order valence-electron chi connectivity index (χ3n) is 2.43. The standard InChI is InChI=1S/C12H11N3O3/c13-5-8-2-1-3-9(4-8)14-12(17)10-6-18-7-11(16)15-10/h1-4,10H,6-7H2,(H,14,17)(H,15,16). The van der Waals surface area contributed by atoms with Crippen molar-refractivity contribution >= 4 is 17.5 Å². The molecule has 1 unspecified atom stereocenters. The Morgan fingerprint density at radius 2 is 2.39 bits per heavy atom. The Balaban J connectivity index is 2.02. The van der Waals surface area contributed by atoms with Crippen LogP contribution in [-0.2, 0) is 14.3 Å². The van der Waals surface area contributed by atoms with E-state index in [0.717, 1.165) is 0 Å². The second-order valence-corrected chi connectivity index (χ2v) is 3.82. The smallest absolute Gasteiger partial charge is 0.249 e. The normalized spacial score (nSPS) is 18.6. The fourth-order valence-electron chi connectivity index (χ4n) is 1.58. The van der Waals surface area contributed by atoms with Gasteiger partial charge in [-0.25, -0.2) is 0 Å². The topological polar surface area (TPSA) is 91.2 Å². The number of ether oxygens (including phenoxy) is 1. The molecule has 2 amide bonds. The number of carbonyl (C=O) groups excluding carboxylic acids is 2. The van der Waals surface area contributed by atoms with Gasteiger partial charge < -0.3 is 15.4 Å². The molecule has 0 aliphatic carbocycles. The van der Waals surface area contributed by atoms with Crippen molar-refractivity contribution in [1.82, 2.24) is 5.32 Å². The highest BCUT2D eigenvalue weighted by atomic mass is 16.5. The molecule has 1 aromatic carbocycles. The molecule has 0 radical (unpaired) electrons. The van der Waals surface area contributed by atoms with Crippen LogP contribution >= 0.6 is 0 Å². The summed E-state index contributed by atoms with van der Waals surface area (Å²) in [6.45, 7) is 0.128. The van der Waals surface area contributed by atoms with E-state index < -0.39 is 6.04 Å². The Labute approximate surface area is 104 Å². The minimum Gasteiger partial charge on any atom is -0.369 e. The molecule has 0 spiro atoms. The number of amides is 2. The first kappa shape index (κ1) is 12.1. The van der Waals surface area contributed by atoms with Crippen molar-refractivity contribution in [2.45, 2.75) is 6.04 Å². The molecule has 1 saturated heterocycles. The lowest BCUT2D eigenvalue weighted by molar-refractivity contribution is -0.136. The minimum absolute atomic E-state index is 0.0201. The number of rotatable bonds is 2. The van der Waals surface area contributed by atoms with Crippen molar-refractivity contribution in [2.24, 2.45) is 0 Å². The lowest BCUT2D eigenvalue weighted by Crippen LogP contribution is -2.51. The van der Waals surface area contributed by atoms with E-state index >= 15 is 0 Å². The largest absolute Gasteiger partial charge is 0.369 e. The van der Waals surface area contributed by atoms with E-state index in [9.17, 15) is 9.59 Å². The summed E-state index contributed by atoms with van der Waals surface area (Å²) in [6.07, 6.45) is 0. The Morgan fingerprint density at radius 1 is 1.56 bits per heavy atom. The first-order chi connectivity index (χ1) is 8.69. The fraction of sp³-hybridized carbons (Fsp3) is 0.250. The van der Waals surface area contributed by atoms with Crippen LogP contribution in [0.5, 0.6) is 0 Å². The molecule has 0 saturated carbocycles. The zero-order chi connectivity index (χ0) is 13.0. The Bertz CT molecular complexity index is 522. The van der Waals surface area contributed by atoms with Crippen LogP contribution < -0.4 is 10.6 Å². The molecule has 1 aromatic rings. The number of benzene rings is 1. The summed E-state index contributed by atoms with van der Waals surface area (Å²) in [5.74, 6) is -0.676. The van der Waals surface area contributed by atoms with Gasteiger partial charge in [0.15, 0.2) is 0 Å². The van der Waals surface area contributed by atoms with E-state index in [1.807, 2.05) is 6.07 Å². The molecule has 1 aliphatic rings. The summed E-state index contributed by atoms with van der Waals surface area (Å²) in [6, 6.07) is 7.82. The Morgan fingerprint density at radius 3 is 3.11 bits per heavy atom. The average molecular weight is 245 g/mol. The molecule has 2 rings (SSSR count). The highest BCUT2D eigenvalue weighted by molar-refractivity contribution is 5.98. The molecule has 1 fully saturated rings. The molecule has 6 nitrogen and oxygen atoms in total. The van der Waals surface area contributed by atoms with Gasteiger partial charge in [0.1, 0.15) is 12.6 Å². The zero-order valence-electron chi connectivity index (χ0n) is 9.47. The molecule has 0 aromatic heterocycles. The number of carbonyl (C=O) groups is 2. The first-order valence-corrected chi connectivity index (χ1v) is 5.37. The predicted molar refractivity (Wildman–Crippen MR) is 62.5 cm³/mol. The van der Waals surface area contributed by atoms with Crippen molar-refractivity contribution in [2.75, 3.05) is 18.5 Å². The van der Waals surface area contributed by atoms with Gasteiger partial charge in [-0.3, -0.25) is 9.59 Å². The van der Waals surface area contributed by atoms with E-state index in [1.165, 1.54) is 0 Å². The number of nitriles is 1. The van der Waals surface area contributed by atoms with Gasteiger partial charge in [-0.05, 0) is 18.2 Å². The number of nitrogens with zero attached hydrogens (tertiary/aromatic N) is 1. The van der Waals surface area contributed by atoms with Crippen molar-refractivity contribution < 1.29 is 14.3 Å². The lowest BCUT2D eigenvalue weighted by atomic mass is 10.2. The van der Waals surface area contributed by atoms with Gasteiger partial charge in [-0.1, -0.05) is 6.07 Å². The highest BCUT2D eigenvalue weighted by Crippen LogP contribution is 2.10. The molecular weight excluding hydrogens is 234 g/mol. The Hall–Kier alpha value is -2.39. The molecule has 2 N–H and O–H groups in total. The van der Waals surface area contributed by atoms with Crippen molar-refractivity contribution in [3.05, 3.63) is 29.8 Å². The molecule has 18 heavy (non-hydrogen) atoms. The van der Waals surface area contributed by atoms with Gasteiger partial charge in [-0.2, -0.15) is 5.26 Å². The number of morpholine rings is 1. The molecule has 6 heteroatoms. The molecule has 1 aliphatic heterocycles. The monoisotopic (exact) mass is 245 g/mol. The van der Waals surface area contributed by atoms with Crippen LogP contribution in [0.15, 0.2) is 24.3 Å². The average Bonchev–Trinajstić information content (AvgIpc) is 2.39. The van der Waals surface area contributed by atoms with Gasteiger partial charge in [0, 0.05) is 5.69 Å². The maximum atomic E-state index is 11.8. The van der Waals surface area contributed by atoms with Gasteiger partial charge in [-0.15, -0.1) is 0 Å². The van der Waals surface area contributed by atoms with E-state index in [-0.39, 0.29) is 25.0 Å². The van der Waals surface area contributed by atoms with Crippen LogP contribution in [-0.4, -0.2) is 31.1 Å². The summed E-state index contributed by atoms with van der Waals surface area (Å²) >= 11 is 0. The number of anilines is 1. The van der Waals surface area contributed by atoms with E-state index in [1.54, 1.807) is 24.3 Å². The van der Waals surface area contributed by atoms with Crippen molar-refractivity contribution in [3.8, 4) is 6.07 Å². The van der Waals surface area contributed by atoms with E-state index in [0.29, 0.717) is 11.3 Å². The van der Waals surface area contributed by atoms with Gasteiger partial charge >= 0.3 is 0 Å². The molecule has 1 atom stereocenters. The molecule has 92 valence electrons. The maximum Gasteiger partial charge on any atom is 0.249 e. The lowest BCUT2D eigenvalue weighted by Gasteiger charge is -2.22. The van der Waals surface area contributed by atoms with Crippen molar-refractivity contribution in [1.29, 1.82) is 5.26 Å². The molecule has 0 bridgehead atoms. The zero-order valence-corrected chi connectivity index (χ0v) is 9.47. The number of nitrogens with one attached hydrogen (secondary N) is 2. The second-order valence-electron chi connectivity index (χ2n) is 3.82.